The Labute approximate surface area is 125 Å². The summed E-state index contributed by atoms with van der Waals surface area (Å²) in [4.78, 5) is 12.2. The summed E-state index contributed by atoms with van der Waals surface area (Å²) in [6.07, 6.45) is 4.78. The van der Waals surface area contributed by atoms with Crippen LogP contribution in [0.15, 0.2) is 22.7 Å². The second-order valence-corrected chi connectivity index (χ2v) is 5.89. The maximum Gasteiger partial charge on any atom is 0.251 e. The van der Waals surface area contributed by atoms with Crippen LogP contribution in [0.25, 0.3) is 0 Å². The first-order valence-corrected chi connectivity index (χ1v) is 7.92. The summed E-state index contributed by atoms with van der Waals surface area (Å²) in [7, 11) is 0. The Morgan fingerprint density at radius 3 is 2.74 bits per heavy atom. The van der Waals surface area contributed by atoms with Gasteiger partial charge in [-0.1, -0.05) is 55.1 Å². The smallest absolute Gasteiger partial charge is 0.251 e. The highest BCUT2D eigenvalue weighted by Crippen LogP contribution is 2.19. The van der Waals surface area contributed by atoms with Crippen molar-refractivity contribution in [3.8, 4) is 0 Å². The summed E-state index contributed by atoms with van der Waals surface area (Å²) < 4.78 is 0.984. The molecule has 0 fully saturated rings. The molecular weight excluding hydrogens is 302 g/mol. The molecular formula is C16H24BrNO. The quantitative estimate of drug-likeness (QED) is 0.773. The lowest BCUT2D eigenvalue weighted by atomic mass is 9.99. The van der Waals surface area contributed by atoms with Crippen molar-refractivity contribution < 1.29 is 4.79 Å². The fraction of sp³-hybridized carbons (Fsp3) is 0.562. The molecule has 0 radical (unpaired) electrons. The molecule has 0 spiro atoms. The van der Waals surface area contributed by atoms with E-state index in [0.717, 1.165) is 28.6 Å². The normalized spacial score (nSPS) is 12.2. The van der Waals surface area contributed by atoms with Crippen LogP contribution in [0.2, 0.25) is 0 Å². The summed E-state index contributed by atoms with van der Waals surface area (Å²) >= 11 is 3.46. The SMILES string of the molecule is CCCCC(CC)CNC(=O)c1cccc(Br)c1C. The minimum absolute atomic E-state index is 0.0359. The molecule has 0 saturated carbocycles. The Balaban J connectivity index is 2.57. The fourth-order valence-corrected chi connectivity index (χ4v) is 2.50. The number of amides is 1. The number of halogens is 1. The van der Waals surface area contributed by atoms with E-state index >= 15 is 0 Å². The van der Waals surface area contributed by atoms with Gasteiger partial charge in [0.25, 0.3) is 5.91 Å². The van der Waals surface area contributed by atoms with Gasteiger partial charge >= 0.3 is 0 Å². The van der Waals surface area contributed by atoms with E-state index in [4.69, 9.17) is 0 Å². The average molecular weight is 326 g/mol. The number of nitrogens with one attached hydrogen (secondary N) is 1. The summed E-state index contributed by atoms with van der Waals surface area (Å²) in [6.45, 7) is 7.14. The van der Waals surface area contributed by atoms with Gasteiger partial charge in [0.05, 0.1) is 0 Å². The van der Waals surface area contributed by atoms with Crippen LogP contribution in [0.4, 0.5) is 0 Å². The molecule has 1 rings (SSSR count). The lowest BCUT2D eigenvalue weighted by Gasteiger charge is -2.16. The Bertz CT molecular complexity index is 417. The maximum atomic E-state index is 12.2. The second-order valence-electron chi connectivity index (χ2n) is 5.04. The van der Waals surface area contributed by atoms with E-state index in [0.29, 0.717) is 5.92 Å². The van der Waals surface area contributed by atoms with Crippen LogP contribution in [-0.2, 0) is 0 Å². The molecule has 0 aliphatic carbocycles. The number of carbonyl (C=O) groups excluding carboxylic acids is 1. The van der Waals surface area contributed by atoms with E-state index in [-0.39, 0.29) is 5.91 Å². The van der Waals surface area contributed by atoms with E-state index in [1.54, 1.807) is 0 Å². The molecule has 0 aromatic heterocycles. The van der Waals surface area contributed by atoms with Crippen molar-refractivity contribution in [3.05, 3.63) is 33.8 Å². The maximum absolute atomic E-state index is 12.2. The molecule has 1 atom stereocenters. The Kier molecular flexibility index (Phi) is 7.14. The first-order chi connectivity index (χ1) is 9.10. The van der Waals surface area contributed by atoms with E-state index in [1.165, 1.54) is 19.3 Å². The van der Waals surface area contributed by atoms with Gasteiger partial charge in [0.2, 0.25) is 0 Å². The molecule has 3 heteroatoms. The highest BCUT2D eigenvalue weighted by atomic mass is 79.9. The second kappa shape index (κ2) is 8.36. The van der Waals surface area contributed by atoms with Crippen LogP contribution in [0.5, 0.6) is 0 Å². The van der Waals surface area contributed by atoms with Crippen LogP contribution in [0.3, 0.4) is 0 Å². The van der Waals surface area contributed by atoms with Crippen molar-refractivity contribution >= 4 is 21.8 Å². The predicted octanol–water partition coefficient (Wildman–Crippen LogP) is 4.70. The third-order valence-electron chi connectivity index (χ3n) is 3.61. The summed E-state index contributed by atoms with van der Waals surface area (Å²) in [5, 5.41) is 3.07. The minimum Gasteiger partial charge on any atom is -0.352 e. The molecule has 0 heterocycles. The van der Waals surface area contributed by atoms with Gasteiger partial charge in [-0.2, -0.15) is 0 Å². The first-order valence-electron chi connectivity index (χ1n) is 7.13. The van der Waals surface area contributed by atoms with E-state index < -0.39 is 0 Å². The lowest BCUT2D eigenvalue weighted by Crippen LogP contribution is -2.29. The van der Waals surface area contributed by atoms with E-state index in [9.17, 15) is 4.79 Å². The molecule has 0 aliphatic rings. The van der Waals surface area contributed by atoms with Gasteiger partial charge < -0.3 is 5.32 Å². The Morgan fingerprint density at radius 1 is 1.37 bits per heavy atom. The molecule has 0 bridgehead atoms. The van der Waals surface area contributed by atoms with Crippen LogP contribution in [0, 0.1) is 12.8 Å². The molecule has 1 amide bonds. The molecule has 0 aliphatic heterocycles. The third-order valence-corrected chi connectivity index (χ3v) is 4.47. The minimum atomic E-state index is 0.0359. The van der Waals surface area contributed by atoms with Gasteiger partial charge in [0.15, 0.2) is 0 Å². The molecule has 2 nitrogen and oxygen atoms in total. The zero-order chi connectivity index (χ0) is 14.3. The van der Waals surface area contributed by atoms with Crippen molar-refractivity contribution in [1.82, 2.24) is 5.32 Å². The monoisotopic (exact) mass is 325 g/mol. The van der Waals surface area contributed by atoms with Gasteiger partial charge in [-0.3, -0.25) is 4.79 Å². The van der Waals surface area contributed by atoms with Gasteiger partial charge in [-0.15, -0.1) is 0 Å². The third kappa shape index (κ3) is 4.98. The van der Waals surface area contributed by atoms with Gasteiger partial charge in [-0.25, -0.2) is 0 Å². The zero-order valence-corrected chi connectivity index (χ0v) is 13.7. The molecule has 19 heavy (non-hydrogen) atoms. The standard InChI is InChI=1S/C16H24BrNO/c1-4-6-8-13(5-2)11-18-16(19)14-9-7-10-15(17)12(14)3/h7,9-10,13H,4-6,8,11H2,1-3H3,(H,18,19). The van der Waals surface area contributed by atoms with Crippen LogP contribution >= 0.6 is 15.9 Å². The lowest BCUT2D eigenvalue weighted by molar-refractivity contribution is 0.0945. The molecule has 0 saturated heterocycles. The van der Waals surface area contributed by atoms with E-state index in [2.05, 4.69) is 35.1 Å². The Hall–Kier alpha value is -0.830. The molecule has 1 unspecified atom stereocenters. The van der Waals surface area contributed by atoms with Crippen LogP contribution in [0.1, 0.15) is 55.5 Å². The average Bonchev–Trinajstić information content (AvgIpc) is 2.42. The molecule has 1 aromatic rings. The van der Waals surface area contributed by atoms with Crippen molar-refractivity contribution in [3.63, 3.8) is 0 Å². The number of rotatable bonds is 7. The van der Waals surface area contributed by atoms with Gasteiger partial charge in [-0.05, 0) is 37.0 Å². The summed E-state index contributed by atoms with van der Waals surface area (Å²) in [5.74, 6) is 0.630. The summed E-state index contributed by atoms with van der Waals surface area (Å²) in [5.41, 5.74) is 1.77. The number of benzene rings is 1. The van der Waals surface area contributed by atoms with Crippen LogP contribution in [-0.4, -0.2) is 12.5 Å². The Morgan fingerprint density at radius 2 is 2.11 bits per heavy atom. The number of hydrogen-bond donors (Lipinski definition) is 1. The highest BCUT2D eigenvalue weighted by Gasteiger charge is 2.12. The van der Waals surface area contributed by atoms with Gasteiger partial charge in [0, 0.05) is 16.6 Å². The van der Waals surface area contributed by atoms with Crippen molar-refractivity contribution in [2.75, 3.05) is 6.54 Å². The summed E-state index contributed by atoms with van der Waals surface area (Å²) in [6, 6.07) is 5.74. The largest absolute Gasteiger partial charge is 0.352 e. The van der Waals surface area contributed by atoms with Crippen molar-refractivity contribution in [2.24, 2.45) is 5.92 Å². The van der Waals surface area contributed by atoms with Gasteiger partial charge in [0.1, 0.15) is 0 Å². The first kappa shape index (κ1) is 16.2. The predicted molar refractivity (Wildman–Crippen MR) is 84.5 cm³/mol. The fourth-order valence-electron chi connectivity index (χ4n) is 2.13. The van der Waals surface area contributed by atoms with E-state index in [1.807, 2.05) is 25.1 Å². The molecule has 106 valence electrons. The number of hydrogen-bond acceptors (Lipinski definition) is 1. The molecule has 1 aromatic carbocycles. The molecule has 1 N–H and O–H groups in total. The zero-order valence-electron chi connectivity index (χ0n) is 12.1. The van der Waals surface area contributed by atoms with Crippen molar-refractivity contribution in [2.45, 2.75) is 46.5 Å². The number of unbranched alkanes of at least 4 members (excludes halogenated alkanes) is 1. The van der Waals surface area contributed by atoms with Crippen LogP contribution < -0.4 is 5.32 Å². The topological polar surface area (TPSA) is 29.1 Å². The number of carbonyl (C=O) groups is 1. The highest BCUT2D eigenvalue weighted by molar-refractivity contribution is 9.10. The van der Waals surface area contributed by atoms with Crippen molar-refractivity contribution in [1.29, 1.82) is 0 Å².